The zero-order chi connectivity index (χ0) is 20.1. The van der Waals surface area contributed by atoms with Gasteiger partial charge < -0.3 is 9.64 Å². The predicted molar refractivity (Wildman–Crippen MR) is 104 cm³/mol. The molecule has 4 rings (SSSR count). The Balaban J connectivity index is 1.74. The summed E-state index contributed by atoms with van der Waals surface area (Å²) in [6.07, 6.45) is 2.80. The first-order chi connectivity index (χ1) is 13.2. The van der Waals surface area contributed by atoms with Crippen LogP contribution in [0.5, 0.6) is 5.75 Å². The average molecular weight is 429 g/mol. The molecule has 3 aliphatic heterocycles. The van der Waals surface area contributed by atoms with E-state index in [1.165, 1.54) is 28.4 Å². The van der Waals surface area contributed by atoms with Gasteiger partial charge in [-0.05, 0) is 31.0 Å². The summed E-state index contributed by atoms with van der Waals surface area (Å²) in [5.41, 5.74) is 0.408. The Morgan fingerprint density at radius 3 is 2.50 bits per heavy atom. The van der Waals surface area contributed by atoms with E-state index in [0.29, 0.717) is 18.8 Å². The van der Waals surface area contributed by atoms with Gasteiger partial charge in [0.2, 0.25) is 15.9 Å². The van der Waals surface area contributed by atoms with Crippen LogP contribution in [0, 0.1) is 5.92 Å². The van der Waals surface area contributed by atoms with Gasteiger partial charge in [-0.3, -0.25) is 4.79 Å². The molecule has 28 heavy (non-hydrogen) atoms. The molecule has 3 fully saturated rings. The van der Waals surface area contributed by atoms with Crippen LogP contribution in [0.4, 0.5) is 5.69 Å². The number of fused-ring (bicyclic) bond motifs is 1. The second kappa shape index (κ2) is 7.00. The maximum absolute atomic E-state index is 13.2. The van der Waals surface area contributed by atoms with Crippen LogP contribution in [0.2, 0.25) is 0 Å². The molecule has 3 heterocycles. The zero-order valence-electron chi connectivity index (χ0n) is 15.7. The van der Waals surface area contributed by atoms with E-state index in [2.05, 4.69) is 0 Å². The molecule has 1 aromatic rings. The van der Waals surface area contributed by atoms with Crippen LogP contribution in [0.1, 0.15) is 25.7 Å². The van der Waals surface area contributed by atoms with Crippen LogP contribution in [0.15, 0.2) is 23.1 Å². The Labute approximate surface area is 165 Å². The molecule has 0 radical (unpaired) electrons. The standard InChI is InChI=1S/C18H24N2O6S2/c1-26-16-6-5-14(10-17(16)28(24,25)19-7-3-2-4-8-19)20-15-12-27(22,23)11-13(15)9-18(20)21/h5-6,10,13,15H,2-4,7-9,11-12H2,1H3/t13-,15+/m0/s1. The van der Waals surface area contributed by atoms with Gasteiger partial charge in [-0.2, -0.15) is 4.31 Å². The summed E-state index contributed by atoms with van der Waals surface area (Å²) in [6.45, 7) is 0.919. The van der Waals surface area contributed by atoms with Gasteiger partial charge in [0.05, 0.1) is 24.7 Å². The van der Waals surface area contributed by atoms with Crippen molar-refractivity contribution in [2.24, 2.45) is 5.92 Å². The van der Waals surface area contributed by atoms with Crippen LogP contribution >= 0.6 is 0 Å². The molecule has 0 unspecified atom stereocenters. The maximum Gasteiger partial charge on any atom is 0.246 e. The Kier molecular flexibility index (Phi) is 4.91. The topological polar surface area (TPSA) is 101 Å². The molecule has 0 saturated carbocycles. The molecule has 3 saturated heterocycles. The van der Waals surface area contributed by atoms with Crippen LogP contribution < -0.4 is 9.64 Å². The van der Waals surface area contributed by atoms with E-state index in [0.717, 1.165) is 19.3 Å². The summed E-state index contributed by atoms with van der Waals surface area (Å²) in [5, 5.41) is 0. The quantitative estimate of drug-likeness (QED) is 0.710. The van der Waals surface area contributed by atoms with E-state index in [1.54, 1.807) is 6.07 Å². The van der Waals surface area contributed by atoms with Gasteiger partial charge in [-0.15, -0.1) is 0 Å². The summed E-state index contributed by atoms with van der Waals surface area (Å²) in [4.78, 5) is 14.0. The summed E-state index contributed by atoms with van der Waals surface area (Å²) >= 11 is 0. The van der Waals surface area contributed by atoms with E-state index in [1.807, 2.05) is 0 Å². The van der Waals surface area contributed by atoms with Crippen LogP contribution in [0.3, 0.4) is 0 Å². The molecule has 1 aromatic carbocycles. The lowest BCUT2D eigenvalue weighted by atomic mass is 10.0. The molecule has 10 heteroatoms. The van der Waals surface area contributed by atoms with Crippen LogP contribution in [0.25, 0.3) is 0 Å². The third-order valence-corrected chi connectivity index (χ3v) is 9.54. The number of anilines is 1. The van der Waals surface area contributed by atoms with E-state index in [9.17, 15) is 21.6 Å². The van der Waals surface area contributed by atoms with Gasteiger partial charge in [0, 0.05) is 31.1 Å². The first-order valence-electron chi connectivity index (χ1n) is 9.43. The molecule has 0 N–H and O–H groups in total. The van der Waals surface area contributed by atoms with E-state index in [4.69, 9.17) is 4.74 Å². The van der Waals surface area contributed by atoms with Crippen molar-refractivity contribution < 1.29 is 26.4 Å². The number of rotatable bonds is 4. The fourth-order valence-corrected chi connectivity index (χ4v) is 8.25. The fourth-order valence-electron chi connectivity index (χ4n) is 4.49. The number of amides is 1. The maximum atomic E-state index is 13.2. The highest BCUT2D eigenvalue weighted by Crippen LogP contribution is 2.40. The number of hydrogen-bond acceptors (Lipinski definition) is 6. The lowest BCUT2D eigenvalue weighted by Gasteiger charge is -2.28. The number of piperidine rings is 1. The van der Waals surface area contributed by atoms with Crippen molar-refractivity contribution in [1.29, 1.82) is 0 Å². The minimum atomic E-state index is -3.77. The lowest BCUT2D eigenvalue weighted by Crippen LogP contribution is -2.37. The molecule has 2 atom stereocenters. The summed E-state index contributed by atoms with van der Waals surface area (Å²) < 4.78 is 57.1. The second-order valence-electron chi connectivity index (χ2n) is 7.67. The first-order valence-corrected chi connectivity index (χ1v) is 12.7. The number of sulfonamides is 1. The van der Waals surface area contributed by atoms with Gasteiger partial charge in [0.15, 0.2) is 9.84 Å². The minimum absolute atomic E-state index is 0.00892. The Bertz CT molecular complexity index is 999. The lowest BCUT2D eigenvalue weighted by molar-refractivity contribution is -0.117. The molecular formula is C18H24N2O6S2. The summed E-state index contributed by atoms with van der Waals surface area (Å²) in [7, 11) is -5.54. The second-order valence-corrected chi connectivity index (χ2v) is 11.7. The van der Waals surface area contributed by atoms with Crippen molar-refractivity contribution in [2.75, 3.05) is 36.6 Å². The molecule has 0 aliphatic carbocycles. The Morgan fingerprint density at radius 2 is 1.82 bits per heavy atom. The van der Waals surface area contributed by atoms with Crippen LogP contribution in [-0.4, -0.2) is 64.8 Å². The third kappa shape index (κ3) is 3.31. The average Bonchev–Trinajstić information content (AvgIpc) is 3.11. The fraction of sp³-hybridized carbons (Fsp3) is 0.611. The molecule has 154 valence electrons. The van der Waals surface area contributed by atoms with Crippen molar-refractivity contribution in [2.45, 2.75) is 36.6 Å². The largest absolute Gasteiger partial charge is 0.495 e. The summed E-state index contributed by atoms with van der Waals surface area (Å²) in [6, 6.07) is 4.18. The van der Waals surface area contributed by atoms with Gasteiger partial charge in [-0.1, -0.05) is 6.42 Å². The van der Waals surface area contributed by atoms with Crippen molar-refractivity contribution in [1.82, 2.24) is 4.31 Å². The number of benzene rings is 1. The Hall–Kier alpha value is -1.65. The first kappa shape index (κ1) is 19.7. The molecule has 1 amide bonds. The SMILES string of the molecule is COc1ccc(N2C(=O)C[C@H]3CS(=O)(=O)C[C@H]32)cc1S(=O)(=O)N1CCCCC1. The molecule has 3 aliphatic rings. The molecule has 8 nitrogen and oxygen atoms in total. The number of methoxy groups -OCH3 is 1. The third-order valence-electron chi connectivity index (χ3n) is 5.83. The molecular weight excluding hydrogens is 404 g/mol. The van der Waals surface area contributed by atoms with Gasteiger partial charge in [-0.25, -0.2) is 16.8 Å². The monoisotopic (exact) mass is 428 g/mol. The van der Waals surface area contributed by atoms with Crippen LogP contribution in [-0.2, 0) is 24.7 Å². The van der Waals surface area contributed by atoms with Gasteiger partial charge >= 0.3 is 0 Å². The normalized spacial score (nSPS) is 27.8. The predicted octanol–water partition coefficient (Wildman–Crippen LogP) is 1.02. The highest BCUT2D eigenvalue weighted by atomic mass is 32.2. The van der Waals surface area contributed by atoms with E-state index < -0.39 is 25.9 Å². The summed E-state index contributed by atoms with van der Waals surface area (Å²) in [5.74, 6) is -0.256. The van der Waals surface area contributed by atoms with E-state index in [-0.39, 0.29) is 40.4 Å². The van der Waals surface area contributed by atoms with E-state index >= 15 is 0 Å². The Morgan fingerprint density at radius 1 is 1.11 bits per heavy atom. The number of hydrogen-bond donors (Lipinski definition) is 0. The van der Waals surface area contributed by atoms with Crippen molar-refractivity contribution in [3.8, 4) is 5.75 Å². The highest BCUT2D eigenvalue weighted by molar-refractivity contribution is 7.91. The number of carbonyl (C=O) groups is 1. The highest BCUT2D eigenvalue weighted by Gasteiger charge is 2.49. The molecule has 0 spiro atoms. The van der Waals surface area contributed by atoms with Crippen molar-refractivity contribution in [3.05, 3.63) is 18.2 Å². The van der Waals surface area contributed by atoms with Gasteiger partial charge in [0.25, 0.3) is 0 Å². The van der Waals surface area contributed by atoms with Gasteiger partial charge in [0.1, 0.15) is 10.6 Å². The minimum Gasteiger partial charge on any atom is -0.495 e. The number of nitrogens with zero attached hydrogens (tertiary/aromatic N) is 2. The number of carbonyl (C=O) groups excluding carboxylic acids is 1. The van der Waals surface area contributed by atoms with Crippen molar-refractivity contribution >= 4 is 31.5 Å². The number of ether oxygens (including phenoxy) is 1. The zero-order valence-corrected chi connectivity index (χ0v) is 17.3. The number of sulfone groups is 1. The molecule has 0 bridgehead atoms. The van der Waals surface area contributed by atoms with Crippen molar-refractivity contribution in [3.63, 3.8) is 0 Å². The smallest absolute Gasteiger partial charge is 0.246 e. The molecule has 0 aromatic heterocycles.